The lowest BCUT2D eigenvalue weighted by Crippen LogP contribution is -2.42. The second-order valence-corrected chi connectivity index (χ2v) is 4.27. The van der Waals surface area contributed by atoms with Gasteiger partial charge in [0.05, 0.1) is 6.10 Å². The van der Waals surface area contributed by atoms with Crippen LogP contribution < -0.4 is 5.73 Å². The van der Waals surface area contributed by atoms with Crippen molar-refractivity contribution in [1.82, 2.24) is 4.90 Å². The summed E-state index contributed by atoms with van der Waals surface area (Å²) in [6.45, 7) is 4.44. The van der Waals surface area contributed by atoms with E-state index in [1.807, 2.05) is 0 Å². The van der Waals surface area contributed by atoms with Gasteiger partial charge in [-0.1, -0.05) is 0 Å². The number of rotatable bonds is 2. The maximum atomic E-state index is 5.85. The van der Waals surface area contributed by atoms with Crippen molar-refractivity contribution in [3.8, 4) is 0 Å². The predicted molar refractivity (Wildman–Crippen MR) is 52.6 cm³/mol. The molecule has 0 aromatic heterocycles. The van der Waals surface area contributed by atoms with E-state index in [2.05, 4.69) is 4.90 Å². The first-order valence-corrected chi connectivity index (χ1v) is 5.44. The summed E-state index contributed by atoms with van der Waals surface area (Å²) in [6.07, 6.45) is 5.33. The summed E-state index contributed by atoms with van der Waals surface area (Å²) in [6, 6.07) is 0.445. The molecule has 2 rings (SSSR count). The normalized spacial score (nSPS) is 32.5. The van der Waals surface area contributed by atoms with Crippen molar-refractivity contribution in [1.29, 1.82) is 0 Å². The van der Waals surface area contributed by atoms with Crippen molar-refractivity contribution in [3.63, 3.8) is 0 Å². The number of hydrogen-bond donors (Lipinski definition) is 1. The van der Waals surface area contributed by atoms with Crippen LogP contribution in [0.25, 0.3) is 0 Å². The summed E-state index contributed by atoms with van der Waals surface area (Å²) in [4.78, 5) is 2.50. The summed E-state index contributed by atoms with van der Waals surface area (Å²) >= 11 is 0. The predicted octanol–water partition coefficient (Wildman–Crippen LogP) is 0.588. The van der Waals surface area contributed by atoms with Gasteiger partial charge in [0.2, 0.25) is 0 Å². The van der Waals surface area contributed by atoms with Crippen molar-refractivity contribution in [2.45, 2.75) is 37.8 Å². The number of nitrogens with zero attached hydrogens (tertiary/aromatic N) is 1. The van der Waals surface area contributed by atoms with Gasteiger partial charge in [-0.25, -0.2) is 0 Å². The molecule has 2 heterocycles. The van der Waals surface area contributed by atoms with Crippen LogP contribution in [0.2, 0.25) is 0 Å². The zero-order valence-corrected chi connectivity index (χ0v) is 8.24. The molecule has 2 aliphatic heterocycles. The fraction of sp³-hybridized carbons (Fsp3) is 1.00. The topological polar surface area (TPSA) is 38.5 Å². The lowest BCUT2D eigenvalue weighted by molar-refractivity contribution is 0.0646. The fourth-order valence-electron chi connectivity index (χ4n) is 2.21. The lowest BCUT2D eigenvalue weighted by Gasteiger charge is -2.31. The van der Waals surface area contributed by atoms with Crippen LogP contribution in [-0.2, 0) is 4.74 Å². The zero-order valence-electron chi connectivity index (χ0n) is 8.24. The Labute approximate surface area is 80.2 Å². The molecule has 2 fully saturated rings. The second-order valence-electron chi connectivity index (χ2n) is 4.27. The molecule has 2 aliphatic rings. The van der Waals surface area contributed by atoms with Crippen molar-refractivity contribution in [2.24, 2.45) is 5.73 Å². The summed E-state index contributed by atoms with van der Waals surface area (Å²) < 4.78 is 5.61. The van der Waals surface area contributed by atoms with Gasteiger partial charge in [-0.2, -0.15) is 0 Å². The average molecular weight is 184 g/mol. The van der Waals surface area contributed by atoms with Crippen LogP contribution in [0.5, 0.6) is 0 Å². The molecule has 0 aliphatic carbocycles. The highest BCUT2D eigenvalue weighted by Crippen LogP contribution is 2.16. The highest BCUT2D eigenvalue weighted by Gasteiger charge is 2.22. The Balaban J connectivity index is 1.69. The Morgan fingerprint density at radius 1 is 1.23 bits per heavy atom. The smallest absolute Gasteiger partial charge is 0.0702 e. The molecule has 0 aromatic rings. The van der Waals surface area contributed by atoms with E-state index in [9.17, 15) is 0 Å². The molecule has 3 heteroatoms. The molecule has 0 unspecified atom stereocenters. The maximum absolute atomic E-state index is 5.85. The fourth-order valence-corrected chi connectivity index (χ4v) is 2.21. The van der Waals surface area contributed by atoms with Gasteiger partial charge in [-0.3, -0.25) is 0 Å². The van der Waals surface area contributed by atoms with Gasteiger partial charge in [0.1, 0.15) is 0 Å². The van der Waals surface area contributed by atoms with E-state index in [1.54, 1.807) is 0 Å². The Morgan fingerprint density at radius 3 is 2.62 bits per heavy atom. The number of piperidine rings is 1. The molecule has 1 atom stereocenters. The Morgan fingerprint density at radius 2 is 2.00 bits per heavy atom. The molecular weight excluding hydrogens is 164 g/mol. The third kappa shape index (κ3) is 2.66. The Hall–Kier alpha value is -0.120. The molecule has 13 heavy (non-hydrogen) atoms. The lowest BCUT2D eigenvalue weighted by atomic mass is 10.1. The van der Waals surface area contributed by atoms with Gasteiger partial charge < -0.3 is 15.4 Å². The molecule has 2 N–H and O–H groups in total. The van der Waals surface area contributed by atoms with Crippen LogP contribution in [0.3, 0.4) is 0 Å². The third-order valence-corrected chi connectivity index (χ3v) is 3.12. The van der Waals surface area contributed by atoms with Gasteiger partial charge in [0.15, 0.2) is 0 Å². The Kier molecular flexibility index (Phi) is 3.19. The first-order valence-electron chi connectivity index (χ1n) is 5.44. The van der Waals surface area contributed by atoms with Gasteiger partial charge >= 0.3 is 0 Å². The molecular formula is C10H20N2O. The molecule has 0 saturated carbocycles. The summed E-state index contributed by atoms with van der Waals surface area (Å²) in [5.74, 6) is 0. The van der Waals surface area contributed by atoms with E-state index in [0.29, 0.717) is 12.1 Å². The van der Waals surface area contributed by atoms with Gasteiger partial charge in [0.25, 0.3) is 0 Å². The highest BCUT2D eigenvalue weighted by molar-refractivity contribution is 4.77. The minimum absolute atomic E-state index is 0.445. The first-order chi connectivity index (χ1) is 6.34. The van der Waals surface area contributed by atoms with E-state index < -0.39 is 0 Å². The van der Waals surface area contributed by atoms with Crippen LogP contribution in [0.1, 0.15) is 25.7 Å². The van der Waals surface area contributed by atoms with Crippen molar-refractivity contribution < 1.29 is 4.74 Å². The van der Waals surface area contributed by atoms with Crippen LogP contribution in [0, 0.1) is 0 Å². The Bertz CT molecular complexity index is 149. The van der Waals surface area contributed by atoms with Crippen molar-refractivity contribution in [3.05, 3.63) is 0 Å². The van der Waals surface area contributed by atoms with E-state index in [-0.39, 0.29) is 0 Å². The molecule has 0 spiro atoms. The summed E-state index contributed by atoms with van der Waals surface area (Å²) in [7, 11) is 0. The molecule has 2 saturated heterocycles. The average Bonchev–Trinajstić information content (AvgIpc) is 2.62. The maximum Gasteiger partial charge on any atom is 0.0702 e. The number of ether oxygens (including phenoxy) is 1. The molecule has 76 valence electrons. The van der Waals surface area contributed by atoms with Gasteiger partial charge in [-0.05, 0) is 38.8 Å². The molecule has 0 bridgehead atoms. The first kappa shape index (κ1) is 9.44. The number of nitrogens with two attached hydrogens (primary N) is 1. The van der Waals surface area contributed by atoms with E-state index in [1.165, 1.54) is 25.9 Å². The highest BCUT2D eigenvalue weighted by atomic mass is 16.5. The summed E-state index contributed by atoms with van der Waals surface area (Å²) in [5.41, 5.74) is 5.85. The van der Waals surface area contributed by atoms with Crippen LogP contribution in [0.15, 0.2) is 0 Å². The van der Waals surface area contributed by atoms with Crippen LogP contribution in [0.4, 0.5) is 0 Å². The van der Waals surface area contributed by atoms with Crippen LogP contribution >= 0.6 is 0 Å². The van der Waals surface area contributed by atoms with E-state index >= 15 is 0 Å². The standard InChI is InChI=1S/C10H20N2O/c11-9-3-5-12(6-4-9)8-10-2-1-7-13-10/h9-10H,1-8,11H2/t10-/m1/s1. The molecule has 0 radical (unpaired) electrons. The summed E-state index contributed by atoms with van der Waals surface area (Å²) in [5, 5.41) is 0. The zero-order chi connectivity index (χ0) is 9.10. The van der Waals surface area contributed by atoms with Crippen LogP contribution in [-0.4, -0.2) is 43.3 Å². The SMILES string of the molecule is NC1CCN(C[C@H]2CCCO2)CC1. The molecule has 3 nitrogen and oxygen atoms in total. The number of likely N-dealkylation sites (tertiary alicyclic amines) is 1. The molecule has 0 amide bonds. The molecule has 0 aromatic carbocycles. The monoisotopic (exact) mass is 184 g/mol. The van der Waals surface area contributed by atoms with Crippen molar-refractivity contribution in [2.75, 3.05) is 26.2 Å². The third-order valence-electron chi connectivity index (χ3n) is 3.12. The largest absolute Gasteiger partial charge is 0.377 e. The number of hydrogen-bond acceptors (Lipinski definition) is 3. The van der Waals surface area contributed by atoms with Gasteiger partial charge in [-0.15, -0.1) is 0 Å². The van der Waals surface area contributed by atoms with Crippen molar-refractivity contribution >= 4 is 0 Å². The van der Waals surface area contributed by atoms with E-state index in [4.69, 9.17) is 10.5 Å². The van der Waals surface area contributed by atoms with E-state index in [0.717, 1.165) is 26.0 Å². The minimum Gasteiger partial charge on any atom is -0.377 e. The second kappa shape index (κ2) is 4.40. The minimum atomic E-state index is 0.445. The quantitative estimate of drug-likeness (QED) is 0.682. The van der Waals surface area contributed by atoms with Gasteiger partial charge in [0, 0.05) is 19.2 Å².